The van der Waals surface area contributed by atoms with Crippen molar-refractivity contribution in [1.82, 2.24) is 25.5 Å². The predicted molar refractivity (Wildman–Crippen MR) is 95.2 cm³/mol. The van der Waals surface area contributed by atoms with Gasteiger partial charge < -0.3 is 10.1 Å². The molecule has 0 radical (unpaired) electrons. The van der Waals surface area contributed by atoms with E-state index in [9.17, 15) is 14.0 Å². The van der Waals surface area contributed by atoms with Crippen LogP contribution in [0.2, 0.25) is 0 Å². The number of aromatic nitrogens is 4. The number of carbonyl (C=O) groups is 2. The lowest BCUT2D eigenvalue weighted by Gasteiger charge is -2.06. The zero-order valence-corrected chi connectivity index (χ0v) is 15.0. The number of benzene rings is 1. The molecule has 0 aliphatic rings. The Balaban J connectivity index is 1.36. The van der Waals surface area contributed by atoms with Crippen molar-refractivity contribution in [3.63, 3.8) is 0 Å². The lowest BCUT2D eigenvalue weighted by atomic mass is 10.1. The van der Waals surface area contributed by atoms with Crippen LogP contribution in [-0.2, 0) is 27.3 Å². The molecule has 0 bridgehead atoms. The first-order valence-electron chi connectivity index (χ1n) is 8.08. The van der Waals surface area contributed by atoms with Gasteiger partial charge in [0, 0.05) is 6.54 Å². The number of nitrogens with one attached hydrogen (secondary N) is 1. The zero-order chi connectivity index (χ0) is 19.1. The van der Waals surface area contributed by atoms with Gasteiger partial charge in [0.15, 0.2) is 13.2 Å². The number of halogens is 1. The van der Waals surface area contributed by atoms with Crippen LogP contribution >= 0.6 is 11.3 Å². The van der Waals surface area contributed by atoms with E-state index in [-0.39, 0.29) is 12.4 Å². The predicted octanol–water partition coefficient (Wildman–Crippen LogP) is 1.44. The molecular weight excluding hydrogens is 373 g/mol. The Morgan fingerprint density at radius 2 is 2.04 bits per heavy atom. The van der Waals surface area contributed by atoms with Crippen LogP contribution in [0.1, 0.15) is 5.56 Å². The van der Waals surface area contributed by atoms with E-state index in [1.807, 2.05) is 17.5 Å². The highest BCUT2D eigenvalue weighted by Gasteiger charge is 2.12. The van der Waals surface area contributed by atoms with Crippen molar-refractivity contribution in [3.05, 3.63) is 53.2 Å². The zero-order valence-electron chi connectivity index (χ0n) is 14.2. The highest BCUT2D eigenvalue weighted by molar-refractivity contribution is 7.13. The van der Waals surface area contributed by atoms with Gasteiger partial charge in [-0.3, -0.25) is 4.79 Å². The molecule has 3 rings (SSSR count). The fourth-order valence-electron chi connectivity index (χ4n) is 2.17. The molecule has 0 atom stereocenters. The maximum Gasteiger partial charge on any atom is 0.330 e. The van der Waals surface area contributed by atoms with Crippen LogP contribution in [0.25, 0.3) is 10.7 Å². The molecule has 27 heavy (non-hydrogen) atoms. The summed E-state index contributed by atoms with van der Waals surface area (Å²) in [6, 6.07) is 9.74. The van der Waals surface area contributed by atoms with Crippen molar-refractivity contribution in [2.24, 2.45) is 0 Å². The number of rotatable bonds is 8. The number of thiophene rings is 1. The highest BCUT2D eigenvalue weighted by Crippen LogP contribution is 2.19. The van der Waals surface area contributed by atoms with Crippen LogP contribution < -0.4 is 5.32 Å². The van der Waals surface area contributed by atoms with Gasteiger partial charge in [0.25, 0.3) is 5.91 Å². The normalized spacial score (nSPS) is 10.6. The number of ether oxygens (including phenoxy) is 1. The number of esters is 1. The van der Waals surface area contributed by atoms with Crippen LogP contribution in [0.5, 0.6) is 0 Å². The number of hydrogen-bond acceptors (Lipinski definition) is 7. The van der Waals surface area contributed by atoms with Crippen molar-refractivity contribution in [1.29, 1.82) is 0 Å². The second-order valence-corrected chi connectivity index (χ2v) is 6.46. The van der Waals surface area contributed by atoms with E-state index in [4.69, 9.17) is 4.74 Å². The summed E-state index contributed by atoms with van der Waals surface area (Å²) in [5.74, 6) is -0.939. The summed E-state index contributed by atoms with van der Waals surface area (Å²) < 4.78 is 17.7. The van der Waals surface area contributed by atoms with Gasteiger partial charge in [-0.2, -0.15) is 4.80 Å². The number of tetrazole rings is 1. The number of nitrogens with zero attached hydrogens (tertiary/aromatic N) is 4. The molecule has 2 heterocycles. The van der Waals surface area contributed by atoms with Crippen molar-refractivity contribution in [3.8, 4) is 10.7 Å². The van der Waals surface area contributed by atoms with Gasteiger partial charge >= 0.3 is 5.97 Å². The third-order valence-corrected chi connectivity index (χ3v) is 4.34. The monoisotopic (exact) mass is 389 g/mol. The van der Waals surface area contributed by atoms with E-state index in [2.05, 4.69) is 20.7 Å². The van der Waals surface area contributed by atoms with Crippen LogP contribution in [0.3, 0.4) is 0 Å². The molecule has 2 aromatic heterocycles. The first-order chi connectivity index (χ1) is 13.1. The molecule has 0 unspecified atom stereocenters. The summed E-state index contributed by atoms with van der Waals surface area (Å²) in [6.07, 6.45) is 0.550. The Labute approximate surface area is 158 Å². The molecule has 0 aliphatic heterocycles. The molecule has 140 valence electrons. The fraction of sp³-hybridized carbons (Fsp3) is 0.235. The second kappa shape index (κ2) is 8.99. The van der Waals surface area contributed by atoms with Gasteiger partial charge in [-0.25, -0.2) is 9.18 Å². The van der Waals surface area contributed by atoms with E-state index >= 15 is 0 Å². The molecule has 0 aliphatic carbocycles. The number of carbonyl (C=O) groups excluding carboxylic acids is 2. The van der Waals surface area contributed by atoms with Gasteiger partial charge in [-0.05, 0) is 40.8 Å². The van der Waals surface area contributed by atoms with Crippen LogP contribution in [0.15, 0.2) is 41.8 Å². The van der Waals surface area contributed by atoms with Gasteiger partial charge in [0.1, 0.15) is 5.82 Å². The second-order valence-electron chi connectivity index (χ2n) is 5.51. The van der Waals surface area contributed by atoms with Crippen molar-refractivity contribution < 1.29 is 18.7 Å². The van der Waals surface area contributed by atoms with E-state index in [0.29, 0.717) is 18.8 Å². The summed E-state index contributed by atoms with van der Waals surface area (Å²) in [5, 5.41) is 16.2. The Kier molecular flexibility index (Phi) is 6.21. The van der Waals surface area contributed by atoms with Gasteiger partial charge in [0.05, 0.1) is 4.88 Å². The Hall–Kier alpha value is -3.14. The van der Waals surface area contributed by atoms with Crippen LogP contribution in [0, 0.1) is 5.82 Å². The minimum atomic E-state index is -0.640. The molecule has 0 fully saturated rings. The Morgan fingerprint density at radius 1 is 1.22 bits per heavy atom. The van der Waals surface area contributed by atoms with E-state index in [1.165, 1.54) is 23.5 Å². The largest absolute Gasteiger partial charge is 0.454 e. The van der Waals surface area contributed by atoms with Gasteiger partial charge in [-0.15, -0.1) is 21.5 Å². The molecule has 8 nitrogen and oxygen atoms in total. The van der Waals surface area contributed by atoms with E-state index in [1.54, 1.807) is 12.1 Å². The molecule has 1 amide bonds. The Morgan fingerprint density at radius 3 is 2.78 bits per heavy atom. The average molecular weight is 389 g/mol. The first kappa shape index (κ1) is 18.6. The molecule has 1 aromatic carbocycles. The van der Waals surface area contributed by atoms with Crippen molar-refractivity contribution >= 4 is 23.2 Å². The lowest BCUT2D eigenvalue weighted by Crippen LogP contribution is -2.31. The smallest absolute Gasteiger partial charge is 0.330 e. The first-order valence-corrected chi connectivity index (χ1v) is 8.96. The standard InChI is InChI=1S/C17H16FN5O3S/c18-13-5-3-12(4-6-13)7-8-19-15(24)11-26-16(25)10-23-21-17(20-22-23)14-2-1-9-27-14/h1-6,9H,7-8,10-11H2,(H,19,24). The van der Waals surface area contributed by atoms with Crippen molar-refractivity contribution in [2.45, 2.75) is 13.0 Å². The fourth-order valence-corrected chi connectivity index (χ4v) is 2.82. The molecule has 0 saturated carbocycles. The third kappa shape index (κ3) is 5.68. The number of amides is 1. The summed E-state index contributed by atoms with van der Waals surface area (Å²) in [7, 11) is 0. The third-order valence-electron chi connectivity index (χ3n) is 3.48. The van der Waals surface area contributed by atoms with Crippen molar-refractivity contribution in [2.75, 3.05) is 13.2 Å². The minimum absolute atomic E-state index is 0.235. The van der Waals surface area contributed by atoms with Crippen LogP contribution in [0.4, 0.5) is 4.39 Å². The van der Waals surface area contributed by atoms with E-state index < -0.39 is 18.5 Å². The average Bonchev–Trinajstić information content (AvgIpc) is 3.33. The van der Waals surface area contributed by atoms with Gasteiger partial charge in [0.2, 0.25) is 5.82 Å². The maximum absolute atomic E-state index is 12.8. The van der Waals surface area contributed by atoms with E-state index in [0.717, 1.165) is 15.2 Å². The quantitative estimate of drug-likeness (QED) is 0.586. The Bertz CT molecular complexity index is 896. The molecule has 1 N–H and O–H groups in total. The van der Waals surface area contributed by atoms with Crippen LogP contribution in [-0.4, -0.2) is 45.2 Å². The molecule has 3 aromatic rings. The highest BCUT2D eigenvalue weighted by atomic mass is 32.1. The summed E-state index contributed by atoms with van der Waals surface area (Å²) in [4.78, 5) is 25.4. The molecule has 10 heteroatoms. The summed E-state index contributed by atoms with van der Waals surface area (Å²) in [6.45, 7) is -0.271. The minimum Gasteiger partial charge on any atom is -0.454 e. The lowest BCUT2D eigenvalue weighted by molar-refractivity contribution is -0.149. The van der Waals surface area contributed by atoms with Gasteiger partial charge in [-0.1, -0.05) is 18.2 Å². The summed E-state index contributed by atoms with van der Waals surface area (Å²) >= 11 is 1.46. The summed E-state index contributed by atoms with van der Waals surface area (Å²) in [5.41, 5.74) is 0.896. The number of hydrogen-bond donors (Lipinski definition) is 1. The molecule has 0 saturated heterocycles. The molecule has 0 spiro atoms. The molecular formula is C17H16FN5O3S. The topological polar surface area (TPSA) is 99.0 Å². The maximum atomic E-state index is 12.8. The SMILES string of the molecule is O=C(COC(=O)Cn1nnc(-c2cccs2)n1)NCCc1ccc(F)cc1.